The van der Waals surface area contributed by atoms with Crippen molar-refractivity contribution in [2.24, 2.45) is 0 Å². The molecule has 1 aromatic carbocycles. The van der Waals surface area contributed by atoms with Crippen LogP contribution in [0.15, 0.2) is 12.1 Å². The van der Waals surface area contributed by atoms with Crippen molar-refractivity contribution >= 4 is 17.3 Å². The number of carbonyl (C=O) groups excluding carboxylic acids is 1. The Morgan fingerprint density at radius 3 is 2.65 bits per heavy atom. The zero-order valence-corrected chi connectivity index (χ0v) is 9.38. The summed E-state index contributed by atoms with van der Waals surface area (Å²) in [6, 6.07) is 1.79. The van der Waals surface area contributed by atoms with Gasteiger partial charge in [-0.05, 0) is 18.9 Å². The number of anilines is 2. The fraction of sp³-hybridized carbons (Fsp3) is 0.417. The van der Waals surface area contributed by atoms with E-state index in [0.717, 1.165) is 31.4 Å². The Balaban J connectivity index is 2.41. The van der Waals surface area contributed by atoms with E-state index in [-0.39, 0.29) is 17.3 Å². The highest BCUT2D eigenvalue weighted by Gasteiger charge is 2.23. The van der Waals surface area contributed by atoms with Crippen LogP contribution in [0.25, 0.3) is 0 Å². The zero-order valence-electron chi connectivity index (χ0n) is 9.38. The van der Waals surface area contributed by atoms with Gasteiger partial charge in [-0.15, -0.1) is 0 Å². The monoisotopic (exact) mass is 240 g/mol. The van der Waals surface area contributed by atoms with Crippen LogP contribution < -0.4 is 10.6 Å². The maximum Gasteiger partial charge on any atom is 0.227 e. The van der Waals surface area contributed by atoms with Gasteiger partial charge in [0.1, 0.15) is 11.5 Å². The lowest BCUT2D eigenvalue weighted by Gasteiger charge is -2.22. The van der Waals surface area contributed by atoms with Gasteiger partial charge < -0.3 is 10.6 Å². The first kappa shape index (κ1) is 11.8. The van der Waals surface area contributed by atoms with E-state index >= 15 is 0 Å². The minimum atomic E-state index is -0.780. The van der Waals surface area contributed by atoms with Crippen molar-refractivity contribution in [2.75, 3.05) is 17.2 Å². The molecule has 0 aliphatic carbocycles. The molecule has 0 radical (unpaired) electrons. The number of hydrogen-bond donors (Lipinski definition) is 1. The number of rotatable bonds is 1. The van der Waals surface area contributed by atoms with Crippen molar-refractivity contribution in [1.82, 2.24) is 0 Å². The molecule has 1 saturated heterocycles. The SMILES string of the molecule is Nc1cc(F)cc(F)c1N1CCCCCC1=O. The molecule has 1 heterocycles. The van der Waals surface area contributed by atoms with Crippen molar-refractivity contribution < 1.29 is 13.6 Å². The smallest absolute Gasteiger partial charge is 0.227 e. The van der Waals surface area contributed by atoms with Crippen LogP contribution in [0.2, 0.25) is 0 Å². The van der Waals surface area contributed by atoms with E-state index in [4.69, 9.17) is 5.73 Å². The van der Waals surface area contributed by atoms with Crippen LogP contribution in [0.1, 0.15) is 25.7 Å². The van der Waals surface area contributed by atoms with Crippen LogP contribution in [0.4, 0.5) is 20.2 Å². The number of amides is 1. The molecule has 92 valence electrons. The van der Waals surface area contributed by atoms with E-state index < -0.39 is 11.6 Å². The van der Waals surface area contributed by atoms with Gasteiger partial charge in [0.25, 0.3) is 0 Å². The summed E-state index contributed by atoms with van der Waals surface area (Å²) in [5.74, 6) is -1.66. The van der Waals surface area contributed by atoms with Gasteiger partial charge in [-0.25, -0.2) is 8.78 Å². The summed E-state index contributed by atoms with van der Waals surface area (Å²) in [7, 11) is 0. The average molecular weight is 240 g/mol. The Morgan fingerprint density at radius 1 is 1.18 bits per heavy atom. The van der Waals surface area contributed by atoms with Gasteiger partial charge in [-0.1, -0.05) is 6.42 Å². The molecule has 1 amide bonds. The summed E-state index contributed by atoms with van der Waals surface area (Å²) < 4.78 is 26.6. The van der Waals surface area contributed by atoms with Gasteiger partial charge in [-0.3, -0.25) is 4.79 Å². The molecule has 5 heteroatoms. The van der Waals surface area contributed by atoms with Gasteiger partial charge >= 0.3 is 0 Å². The van der Waals surface area contributed by atoms with Crippen LogP contribution in [-0.4, -0.2) is 12.5 Å². The van der Waals surface area contributed by atoms with Crippen molar-refractivity contribution in [3.05, 3.63) is 23.8 Å². The fourth-order valence-electron chi connectivity index (χ4n) is 2.09. The number of nitrogens with two attached hydrogens (primary N) is 1. The molecule has 0 spiro atoms. The topological polar surface area (TPSA) is 46.3 Å². The van der Waals surface area contributed by atoms with Crippen LogP contribution in [-0.2, 0) is 4.79 Å². The van der Waals surface area contributed by atoms with E-state index in [1.54, 1.807) is 0 Å². The van der Waals surface area contributed by atoms with E-state index in [0.29, 0.717) is 13.0 Å². The van der Waals surface area contributed by atoms with E-state index in [1.807, 2.05) is 0 Å². The largest absolute Gasteiger partial charge is 0.397 e. The Morgan fingerprint density at radius 2 is 1.94 bits per heavy atom. The molecule has 3 nitrogen and oxygen atoms in total. The lowest BCUT2D eigenvalue weighted by atomic mass is 10.2. The molecule has 1 aliphatic rings. The van der Waals surface area contributed by atoms with Crippen molar-refractivity contribution in [3.8, 4) is 0 Å². The quantitative estimate of drug-likeness (QED) is 0.766. The Hall–Kier alpha value is -1.65. The first-order valence-corrected chi connectivity index (χ1v) is 5.64. The van der Waals surface area contributed by atoms with Crippen LogP contribution in [0, 0.1) is 11.6 Å². The number of nitrogens with zero attached hydrogens (tertiary/aromatic N) is 1. The molecule has 1 aromatic rings. The highest BCUT2D eigenvalue weighted by atomic mass is 19.1. The van der Waals surface area contributed by atoms with E-state index in [2.05, 4.69) is 0 Å². The molecular formula is C12H14F2N2O. The second kappa shape index (κ2) is 4.69. The predicted molar refractivity (Wildman–Crippen MR) is 61.6 cm³/mol. The van der Waals surface area contributed by atoms with Gasteiger partial charge in [0.15, 0.2) is 5.82 Å². The zero-order chi connectivity index (χ0) is 12.4. The minimum absolute atomic E-state index is 0.0123. The second-order valence-electron chi connectivity index (χ2n) is 4.18. The minimum Gasteiger partial charge on any atom is -0.397 e. The molecule has 2 rings (SSSR count). The van der Waals surface area contributed by atoms with E-state index in [1.165, 1.54) is 4.90 Å². The third-order valence-electron chi connectivity index (χ3n) is 2.90. The summed E-state index contributed by atoms with van der Waals surface area (Å²) in [5.41, 5.74) is 5.57. The summed E-state index contributed by atoms with van der Waals surface area (Å²) in [5, 5.41) is 0. The molecule has 0 unspecified atom stereocenters. The van der Waals surface area contributed by atoms with Gasteiger partial charge in [-0.2, -0.15) is 0 Å². The molecule has 0 saturated carbocycles. The van der Waals surface area contributed by atoms with Gasteiger partial charge in [0.2, 0.25) is 5.91 Å². The van der Waals surface area contributed by atoms with Crippen LogP contribution >= 0.6 is 0 Å². The maximum atomic E-state index is 13.7. The van der Waals surface area contributed by atoms with Gasteiger partial charge in [0, 0.05) is 19.0 Å². The number of halogens is 2. The molecule has 1 fully saturated rings. The van der Waals surface area contributed by atoms with Crippen LogP contribution in [0.5, 0.6) is 0 Å². The first-order valence-electron chi connectivity index (χ1n) is 5.64. The lowest BCUT2D eigenvalue weighted by molar-refractivity contribution is -0.118. The van der Waals surface area contributed by atoms with Gasteiger partial charge in [0.05, 0.1) is 5.69 Å². The Labute approximate surface area is 98.2 Å². The molecular weight excluding hydrogens is 226 g/mol. The van der Waals surface area contributed by atoms with Crippen molar-refractivity contribution in [1.29, 1.82) is 0 Å². The first-order chi connectivity index (χ1) is 8.09. The average Bonchev–Trinajstić information content (AvgIpc) is 2.43. The molecule has 0 atom stereocenters. The third-order valence-corrected chi connectivity index (χ3v) is 2.90. The summed E-state index contributed by atoms with van der Waals surface area (Å²) in [4.78, 5) is 13.1. The molecule has 0 bridgehead atoms. The summed E-state index contributed by atoms with van der Waals surface area (Å²) in [6.45, 7) is 0.436. The summed E-state index contributed by atoms with van der Waals surface area (Å²) in [6.07, 6.45) is 2.93. The number of benzene rings is 1. The fourth-order valence-corrected chi connectivity index (χ4v) is 2.09. The highest BCUT2D eigenvalue weighted by molar-refractivity contribution is 5.96. The number of nitrogen functional groups attached to an aromatic ring is 1. The third kappa shape index (κ3) is 2.38. The standard InChI is InChI=1S/C12H14F2N2O/c13-8-6-9(14)12(10(15)7-8)16-5-3-1-2-4-11(16)17/h6-7H,1-5,15H2. The maximum absolute atomic E-state index is 13.7. The number of hydrogen-bond acceptors (Lipinski definition) is 2. The molecule has 1 aliphatic heterocycles. The van der Waals surface area contributed by atoms with E-state index in [9.17, 15) is 13.6 Å². The molecule has 0 aromatic heterocycles. The predicted octanol–water partition coefficient (Wildman–Crippen LogP) is 2.45. The normalized spacial score (nSPS) is 17.1. The summed E-state index contributed by atoms with van der Waals surface area (Å²) >= 11 is 0. The molecule has 2 N–H and O–H groups in total. The van der Waals surface area contributed by atoms with Crippen LogP contribution in [0.3, 0.4) is 0 Å². The highest BCUT2D eigenvalue weighted by Crippen LogP contribution is 2.30. The second-order valence-corrected chi connectivity index (χ2v) is 4.18. The number of carbonyl (C=O) groups is 1. The Kier molecular flexibility index (Phi) is 3.26. The molecule has 17 heavy (non-hydrogen) atoms. The Bertz CT molecular complexity index is 425. The van der Waals surface area contributed by atoms with Crippen molar-refractivity contribution in [3.63, 3.8) is 0 Å². The lowest BCUT2D eigenvalue weighted by Crippen LogP contribution is -2.31. The van der Waals surface area contributed by atoms with Crippen molar-refractivity contribution in [2.45, 2.75) is 25.7 Å².